The summed E-state index contributed by atoms with van der Waals surface area (Å²) in [6.45, 7) is 4.80. The zero-order valence-electron chi connectivity index (χ0n) is 23.8. The lowest BCUT2D eigenvalue weighted by Gasteiger charge is -2.42. The molecule has 2 aliphatic heterocycles. The summed E-state index contributed by atoms with van der Waals surface area (Å²) < 4.78 is 74.7. The molecular formula is C29H34F4N6O3. The summed E-state index contributed by atoms with van der Waals surface area (Å²) in [6.07, 6.45) is 4.26. The standard InChI is InChI=1S/C29H34F4N6O3/c1-37-8-10-38(11-9-37)19-4-6-39(7-5-19)28-22(30)12-18(13-23(28)31)36-29-34-15-20(16-35-29)42-17-21-26(32)24(40-2)14-25(41-3)27(21)33/h12-16,19H,4-11,17H2,1-3H3,(H,34,35,36). The van der Waals surface area contributed by atoms with Crippen LogP contribution in [0, 0.1) is 23.3 Å². The molecule has 0 aliphatic carbocycles. The monoisotopic (exact) mass is 590 g/mol. The molecule has 0 spiro atoms. The average molecular weight is 591 g/mol. The Labute approximate surface area is 242 Å². The highest BCUT2D eigenvalue weighted by Crippen LogP contribution is 2.33. The Morgan fingerprint density at radius 2 is 1.40 bits per heavy atom. The van der Waals surface area contributed by atoms with Gasteiger partial charge in [0.2, 0.25) is 5.95 Å². The first-order valence-corrected chi connectivity index (χ1v) is 13.7. The highest BCUT2D eigenvalue weighted by atomic mass is 19.1. The molecule has 2 aliphatic rings. The van der Waals surface area contributed by atoms with Gasteiger partial charge in [0.25, 0.3) is 0 Å². The predicted molar refractivity (Wildman–Crippen MR) is 150 cm³/mol. The summed E-state index contributed by atoms with van der Waals surface area (Å²) in [5.74, 6) is -3.38. The third kappa shape index (κ3) is 6.46. The first-order chi connectivity index (χ1) is 20.3. The van der Waals surface area contributed by atoms with Crippen LogP contribution in [0.25, 0.3) is 0 Å². The van der Waals surface area contributed by atoms with Crippen molar-refractivity contribution in [3.05, 3.63) is 59.4 Å². The van der Waals surface area contributed by atoms with Crippen molar-refractivity contribution in [2.24, 2.45) is 0 Å². The molecule has 2 saturated heterocycles. The number of rotatable bonds is 9. The van der Waals surface area contributed by atoms with Gasteiger partial charge in [-0.05, 0) is 32.0 Å². The van der Waals surface area contributed by atoms with Crippen LogP contribution in [-0.4, -0.2) is 86.3 Å². The molecule has 9 nitrogen and oxygen atoms in total. The molecule has 0 bridgehead atoms. The van der Waals surface area contributed by atoms with E-state index in [0.717, 1.165) is 45.1 Å². The van der Waals surface area contributed by atoms with Crippen LogP contribution in [0.5, 0.6) is 17.2 Å². The van der Waals surface area contributed by atoms with Gasteiger partial charge < -0.3 is 29.3 Å². The van der Waals surface area contributed by atoms with E-state index >= 15 is 8.78 Å². The first-order valence-electron chi connectivity index (χ1n) is 13.7. The van der Waals surface area contributed by atoms with Crippen LogP contribution in [0.3, 0.4) is 0 Å². The van der Waals surface area contributed by atoms with Gasteiger partial charge in [-0.1, -0.05) is 0 Å². The number of nitrogens with one attached hydrogen (secondary N) is 1. The Hall–Kier alpha value is -3.84. The Kier molecular flexibility index (Phi) is 9.17. The number of piperazine rings is 1. The second-order valence-electron chi connectivity index (χ2n) is 10.4. The van der Waals surface area contributed by atoms with Crippen LogP contribution >= 0.6 is 0 Å². The van der Waals surface area contributed by atoms with Gasteiger partial charge in [-0.3, -0.25) is 4.90 Å². The van der Waals surface area contributed by atoms with E-state index in [-0.39, 0.29) is 40.1 Å². The van der Waals surface area contributed by atoms with Crippen molar-refractivity contribution in [2.75, 3.05) is 70.8 Å². The quantitative estimate of drug-likeness (QED) is 0.361. The van der Waals surface area contributed by atoms with E-state index < -0.39 is 29.9 Å². The molecule has 3 heterocycles. The maximum absolute atomic E-state index is 15.1. The fourth-order valence-electron chi connectivity index (χ4n) is 5.38. The number of methoxy groups -OCH3 is 2. The number of ether oxygens (including phenoxy) is 3. The normalized spacial score (nSPS) is 16.9. The van der Waals surface area contributed by atoms with Gasteiger partial charge in [0.05, 0.1) is 32.2 Å². The predicted octanol–water partition coefficient (Wildman–Crippen LogP) is 4.59. The largest absolute Gasteiger partial charge is 0.494 e. The molecule has 0 saturated carbocycles. The number of halogens is 4. The number of piperidine rings is 1. The lowest BCUT2D eigenvalue weighted by molar-refractivity contribution is 0.0980. The van der Waals surface area contributed by atoms with E-state index in [4.69, 9.17) is 14.2 Å². The number of aromatic nitrogens is 2. The maximum Gasteiger partial charge on any atom is 0.227 e. The van der Waals surface area contributed by atoms with Gasteiger partial charge in [-0.15, -0.1) is 0 Å². The number of likely N-dealkylation sites (N-methyl/N-ethyl adjacent to an activating group) is 1. The van der Waals surface area contributed by atoms with Crippen LogP contribution in [0.15, 0.2) is 30.6 Å². The molecule has 2 fully saturated rings. The fourth-order valence-corrected chi connectivity index (χ4v) is 5.38. The van der Waals surface area contributed by atoms with Crippen molar-refractivity contribution in [1.29, 1.82) is 0 Å². The molecule has 0 unspecified atom stereocenters. The number of hydrogen-bond donors (Lipinski definition) is 1. The minimum absolute atomic E-state index is 0.0318. The van der Waals surface area contributed by atoms with Gasteiger partial charge in [0.1, 0.15) is 12.3 Å². The zero-order chi connectivity index (χ0) is 29.8. The molecule has 0 atom stereocenters. The SMILES string of the molecule is COc1cc(OC)c(F)c(COc2cnc(Nc3cc(F)c(N4CCC(N5CCN(C)CC5)CC4)c(F)c3)nc2)c1F. The number of benzene rings is 2. The molecule has 5 rings (SSSR count). The van der Waals surface area contributed by atoms with Crippen LogP contribution in [0.4, 0.5) is 34.9 Å². The Bertz CT molecular complexity index is 1330. The highest BCUT2D eigenvalue weighted by molar-refractivity contribution is 5.61. The van der Waals surface area contributed by atoms with Gasteiger partial charge >= 0.3 is 0 Å². The van der Waals surface area contributed by atoms with Crippen molar-refractivity contribution in [2.45, 2.75) is 25.5 Å². The molecule has 2 aromatic carbocycles. The van der Waals surface area contributed by atoms with E-state index in [1.807, 2.05) is 0 Å². The van der Waals surface area contributed by atoms with Crippen LogP contribution < -0.4 is 24.4 Å². The van der Waals surface area contributed by atoms with Gasteiger partial charge in [-0.2, -0.15) is 0 Å². The third-order valence-electron chi connectivity index (χ3n) is 7.78. The summed E-state index contributed by atoms with van der Waals surface area (Å²) in [6, 6.07) is 3.95. The summed E-state index contributed by atoms with van der Waals surface area (Å²) >= 11 is 0. The highest BCUT2D eigenvalue weighted by Gasteiger charge is 2.29. The van der Waals surface area contributed by atoms with E-state index in [1.165, 1.54) is 38.7 Å². The Morgan fingerprint density at radius 1 is 0.833 bits per heavy atom. The number of anilines is 3. The van der Waals surface area contributed by atoms with Gasteiger partial charge in [0, 0.05) is 57.1 Å². The fraction of sp³-hybridized carbons (Fsp3) is 0.448. The molecular weight excluding hydrogens is 556 g/mol. The molecule has 0 amide bonds. The van der Waals surface area contributed by atoms with Crippen molar-refractivity contribution in [3.8, 4) is 17.2 Å². The van der Waals surface area contributed by atoms with Crippen LogP contribution in [0.2, 0.25) is 0 Å². The van der Waals surface area contributed by atoms with Crippen molar-refractivity contribution >= 4 is 17.3 Å². The van der Waals surface area contributed by atoms with Crippen molar-refractivity contribution in [1.82, 2.24) is 19.8 Å². The third-order valence-corrected chi connectivity index (χ3v) is 7.78. The topological polar surface area (TPSA) is 75.2 Å². The first kappa shape index (κ1) is 29.6. The Morgan fingerprint density at radius 3 is 1.95 bits per heavy atom. The van der Waals surface area contributed by atoms with E-state index in [2.05, 4.69) is 32.1 Å². The summed E-state index contributed by atoms with van der Waals surface area (Å²) in [4.78, 5) is 14.7. The zero-order valence-corrected chi connectivity index (χ0v) is 23.8. The smallest absolute Gasteiger partial charge is 0.227 e. The van der Waals surface area contributed by atoms with E-state index in [1.54, 1.807) is 4.90 Å². The number of nitrogens with zero attached hydrogens (tertiary/aromatic N) is 5. The lowest BCUT2D eigenvalue weighted by Crippen LogP contribution is -2.52. The summed E-state index contributed by atoms with van der Waals surface area (Å²) in [5.41, 5.74) is -0.277. The Balaban J connectivity index is 1.19. The molecule has 13 heteroatoms. The van der Waals surface area contributed by atoms with E-state index in [9.17, 15) is 8.78 Å². The van der Waals surface area contributed by atoms with Crippen LogP contribution in [-0.2, 0) is 6.61 Å². The van der Waals surface area contributed by atoms with Crippen molar-refractivity contribution < 1.29 is 31.8 Å². The minimum Gasteiger partial charge on any atom is -0.494 e. The molecule has 3 aromatic rings. The van der Waals surface area contributed by atoms with Gasteiger partial charge in [-0.25, -0.2) is 27.5 Å². The summed E-state index contributed by atoms with van der Waals surface area (Å²) in [7, 11) is 4.63. The van der Waals surface area contributed by atoms with Gasteiger partial charge in [0.15, 0.2) is 40.5 Å². The molecule has 1 aromatic heterocycles. The lowest BCUT2D eigenvalue weighted by atomic mass is 10.0. The summed E-state index contributed by atoms with van der Waals surface area (Å²) in [5, 5.41) is 2.78. The van der Waals surface area contributed by atoms with Crippen molar-refractivity contribution in [3.63, 3.8) is 0 Å². The molecule has 42 heavy (non-hydrogen) atoms. The minimum atomic E-state index is -0.915. The van der Waals surface area contributed by atoms with E-state index in [0.29, 0.717) is 19.1 Å². The molecule has 1 N–H and O–H groups in total. The maximum atomic E-state index is 15.1. The second kappa shape index (κ2) is 13.0. The number of hydrogen-bond acceptors (Lipinski definition) is 9. The molecule has 226 valence electrons. The second-order valence-corrected chi connectivity index (χ2v) is 10.4. The average Bonchev–Trinajstić information content (AvgIpc) is 2.98. The van der Waals surface area contributed by atoms with Crippen LogP contribution in [0.1, 0.15) is 18.4 Å². The molecule has 0 radical (unpaired) electrons.